The summed E-state index contributed by atoms with van der Waals surface area (Å²) in [4.78, 5) is 49.7. The molecule has 0 radical (unpaired) electrons. The van der Waals surface area contributed by atoms with E-state index >= 15 is 0 Å². The average Bonchev–Trinajstić information content (AvgIpc) is 3.12. The minimum atomic E-state index is -0.317. The molecule has 0 aliphatic carbocycles. The Balaban J connectivity index is 1.34. The molecule has 1 aromatic heterocycles. The van der Waals surface area contributed by atoms with E-state index in [0.29, 0.717) is 31.3 Å². The molecule has 2 N–H and O–H groups in total. The van der Waals surface area contributed by atoms with Crippen molar-refractivity contribution in [1.29, 1.82) is 0 Å². The summed E-state index contributed by atoms with van der Waals surface area (Å²) in [5.74, 6) is -0.284. The van der Waals surface area contributed by atoms with E-state index in [0.717, 1.165) is 18.4 Å². The lowest BCUT2D eigenvalue weighted by molar-refractivity contribution is -0.127. The number of carbonyl (C=O) groups excluding carboxylic acids is 3. The number of nitrogens with zero attached hydrogens (tertiary/aromatic N) is 2. The number of pyridine rings is 1. The summed E-state index contributed by atoms with van der Waals surface area (Å²) in [6.07, 6.45) is 4.02. The monoisotopic (exact) mass is 398 g/mol. The second-order valence-corrected chi connectivity index (χ2v) is 7.12. The van der Waals surface area contributed by atoms with Crippen LogP contribution < -0.4 is 16.2 Å². The van der Waals surface area contributed by atoms with Gasteiger partial charge < -0.3 is 20.1 Å². The van der Waals surface area contributed by atoms with E-state index in [1.54, 1.807) is 24.4 Å². The molecule has 8 heteroatoms. The normalized spacial score (nSPS) is 13.7. The quantitative estimate of drug-likeness (QED) is 0.605. The van der Waals surface area contributed by atoms with Crippen LogP contribution in [0.3, 0.4) is 0 Å². The molecule has 0 saturated carbocycles. The summed E-state index contributed by atoms with van der Waals surface area (Å²) in [5.41, 5.74) is -0.215. The number of nitrogens with one attached hydrogen (secondary N) is 2. The minimum Gasteiger partial charge on any atom is -0.356 e. The van der Waals surface area contributed by atoms with Crippen LogP contribution in [0, 0.1) is 0 Å². The maximum Gasteiger partial charge on any atom is 0.258 e. The highest BCUT2D eigenvalue weighted by atomic mass is 16.2. The van der Waals surface area contributed by atoms with Gasteiger partial charge in [-0.1, -0.05) is 18.2 Å². The maximum absolute atomic E-state index is 12.4. The van der Waals surface area contributed by atoms with Crippen molar-refractivity contribution in [3.8, 4) is 0 Å². The van der Waals surface area contributed by atoms with Crippen molar-refractivity contribution in [2.75, 3.05) is 26.2 Å². The number of aromatic nitrogens is 1. The number of rotatable bonds is 9. The first-order valence-corrected chi connectivity index (χ1v) is 9.94. The highest BCUT2D eigenvalue weighted by molar-refractivity contribution is 5.82. The molecule has 29 heavy (non-hydrogen) atoms. The highest BCUT2D eigenvalue weighted by Gasteiger charge is 2.19. The molecule has 154 valence electrons. The Labute approximate surface area is 168 Å². The van der Waals surface area contributed by atoms with Gasteiger partial charge in [0.25, 0.3) is 5.56 Å². The molecule has 8 nitrogen and oxygen atoms in total. The summed E-state index contributed by atoms with van der Waals surface area (Å²) < 4.78 is 1.36. The molecule has 3 amide bonds. The Morgan fingerprint density at radius 3 is 2.59 bits per heavy atom. The van der Waals surface area contributed by atoms with Gasteiger partial charge in [0.15, 0.2) is 0 Å². The number of hydrogen-bond acceptors (Lipinski definition) is 4. The molecule has 3 rings (SSSR count). The van der Waals surface area contributed by atoms with E-state index in [2.05, 4.69) is 10.6 Å². The largest absolute Gasteiger partial charge is 0.356 e. The van der Waals surface area contributed by atoms with Crippen molar-refractivity contribution in [2.24, 2.45) is 0 Å². The zero-order chi connectivity index (χ0) is 20.6. The van der Waals surface area contributed by atoms with Gasteiger partial charge in [0.2, 0.25) is 17.7 Å². The van der Waals surface area contributed by atoms with Gasteiger partial charge in [-0.05, 0) is 30.4 Å². The first-order chi connectivity index (χ1) is 14.0. The van der Waals surface area contributed by atoms with Gasteiger partial charge >= 0.3 is 0 Å². The van der Waals surface area contributed by atoms with Crippen molar-refractivity contribution in [3.63, 3.8) is 0 Å². The fraction of sp³-hybridized carbons (Fsp3) is 0.429. The molecule has 2 heterocycles. The number of amides is 3. The van der Waals surface area contributed by atoms with Gasteiger partial charge in [-0.15, -0.1) is 0 Å². The van der Waals surface area contributed by atoms with Crippen LogP contribution in [0.5, 0.6) is 0 Å². The lowest BCUT2D eigenvalue weighted by Gasteiger charge is -2.15. The Kier molecular flexibility index (Phi) is 6.99. The smallest absolute Gasteiger partial charge is 0.258 e. The second kappa shape index (κ2) is 9.86. The van der Waals surface area contributed by atoms with Crippen LogP contribution in [0.25, 0.3) is 10.8 Å². The van der Waals surface area contributed by atoms with Crippen LogP contribution in [-0.4, -0.2) is 53.4 Å². The van der Waals surface area contributed by atoms with Crippen LogP contribution >= 0.6 is 0 Å². The zero-order valence-corrected chi connectivity index (χ0v) is 16.4. The molecule has 1 fully saturated rings. The maximum atomic E-state index is 12.4. The Bertz CT molecular complexity index is 953. The third-order valence-corrected chi connectivity index (χ3v) is 4.97. The summed E-state index contributed by atoms with van der Waals surface area (Å²) >= 11 is 0. The molecule has 0 unspecified atom stereocenters. The molecular weight excluding hydrogens is 372 g/mol. The number of carbonyl (C=O) groups is 3. The topological polar surface area (TPSA) is 101 Å². The standard InChI is InChI=1S/C21H26N4O4/c26-18(22-10-4-13-24-12-3-7-20(24)28)8-11-23-19(27)15-25-14-9-16-5-1-2-6-17(16)21(25)29/h1-2,5-6,9,14H,3-4,7-8,10-13,15H2,(H,22,26)(H,23,27). The van der Waals surface area contributed by atoms with Crippen molar-refractivity contribution in [2.45, 2.75) is 32.2 Å². The van der Waals surface area contributed by atoms with Crippen LogP contribution in [0.2, 0.25) is 0 Å². The van der Waals surface area contributed by atoms with E-state index in [1.807, 2.05) is 17.0 Å². The predicted molar refractivity (Wildman–Crippen MR) is 109 cm³/mol. The fourth-order valence-electron chi connectivity index (χ4n) is 3.41. The molecule has 0 spiro atoms. The molecule has 0 atom stereocenters. The first kappa shape index (κ1) is 20.6. The van der Waals surface area contributed by atoms with Gasteiger partial charge in [0.1, 0.15) is 6.54 Å². The third kappa shape index (κ3) is 5.66. The lowest BCUT2D eigenvalue weighted by Crippen LogP contribution is -2.35. The summed E-state index contributed by atoms with van der Waals surface area (Å²) in [5, 5.41) is 6.86. The number of hydrogen-bond donors (Lipinski definition) is 2. The molecule has 1 aliphatic heterocycles. The molecular formula is C21H26N4O4. The van der Waals surface area contributed by atoms with Crippen LogP contribution in [-0.2, 0) is 20.9 Å². The second-order valence-electron chi connectivity index (χ2n) is 7.12. The Morgan fingerprint density at radius 2 is 1.79 bits per heavy atom. The van der Waals surface area contributed by atoms with Gasteiger partial charge in [-0.25, -0.2) is 0 Å². The first-order valence-electron chi connectivity index (χ1n) is 9.94. The Hall–Kier alpha value is -3.16. The zero-order valence-electron chi connectivity index (χ0n) is 16.4. The highest BCUT2D eigenvalue weighted by Crippen LogP contribution is 2.09. The minimum absolute atomic E-state index is 0.0881. The van der Waals surface area contributed by atoms with Crippen LogP contribution in [0.15, 0.2) is 41.3 Å². The lowest BCUT2D eigenvalue weighted by atomic mass is 10.2. The fourth-order valence-corrected chi connectivity index (χ4v) is 3.41. The summed E-state index contributed by atoms with van der Waals surface area (Å²) in [6, 6.07) is 9.03. The summed E-state index contributed by atoms with van der Waals surface area (Å²) in [6.45, 7) is 2.09. The summed E-state index contributed by atoms with van der Waals surface area (Å²) in [7, 11) is 0. The van der Waals surface area contributed by atoms with Crippen LogP contribution in [0.4, 0.5) is 0 Å². The van der Waals surface area contributed by atoms with Crippen LogP contribution in [0.1, 0.15) is 25.7 Å². The molecule has 1 aromatic carbocycles. The average molecular weight is 398 g/mol. The predicted octanol–water partition coefficient (Wildman–Crippen LogP) is 0.636. The molecule has 2 aromatic rings. The van der Waals surface area contributed by atoms with Gasteiger partial charge in [-0.3, -0.25) is 19.2 Å². The van der Waals surface area contributed by atoms with Gasteiger partial charge in [0, 0.05) is 50.6 Å². The van der Waals surface area contributed by atoms with E-state index in [4.69, 9.17) is 0 Å². The Morgan fingerprint density at radius 1 is 1.00 bits per heavy atom. The van der Waals surface area contributed by atoms with Crippen molar-refractivity contribution in [1.82, 2.24) is 20.1 Å². The van der Waals surface area contributed by atoms with Gasteiger partial charge in [-0.2, -0.15) is 0 Å². The molecule has 1 saturated heterocycles. The van der Waals surface area contributed by atoms with Crippen molar-refractivity contribution >= 4 is 28.5 Å². The van der Waals surface area contributed by atoms with Gasteiger partial charge in [0.05, 0.1) is 0 Å². The van der Waals surface area contributed by atoms with E-state index < -0.39 is 0 Å². The number of likely N-dealkylation sites (tertiary alicyclic amines) is 1. The van der Waals surface area contributed by atoms with E-state index in [9.17, 15) is 19.2 Å². The number of benzene rings is 1. The number of fused-ring (bicyclic) bond motifs is 1. The molecule has 1 aliphatic rings. The van der Waals surface area contributed by atoms with Crippen molar-refractivity contribution < 1.29 is 14.4 Å². The van der Waals surface area contributed by atoms with Crippen molar-refractivity contribution in [3.05, 3.63) is 46.9 Å². The molecule has 0 bridgehead atoms. The third-order valence-electron chi connectivity index (χ3n) is 4.97. The van der Waals surface area contributed by atoms with E-state index in [-0.39, 0.29) is 42.8 Å². The SMILES string of the molecule is O=C(CCNC(=O)Cn1ccc2ccccc2c1=O)NCCCN1CCCC1=O. The van der Waals surface area contributed by atoms with E-state index in [1.165, 1.54) is 4.57 Å².